The van der Waals surface area contributed by atoms with Crippen LogP contribution in [0, 0.1) is 5.92 Å². The second-order valence-corrected chi connectivity index (χ2v) is 6.73. The molecule has 2 rings (SSSR count). The lowest BCUT2D eigenvalue weighted by Gasteiger charge is -2.29. The highest BCUT2D eigenvalue weighted by molar-refractivity contribution is 6.42. The molecule has 0 bridgehead atoms. The van der Waals surface area contributed by atoms with E-state index in [1.807, 2.05) is 13.1 Å². The van der Waals surface area contributed by atoms with Crippen LogP contribution in [-0.2, 0) is 11.3 Å². The van der Waals surface area contributed by atoms with E-state index in [0.29, 0.717) is 28.9 Å². The molecule has 0 radical (unpaired) electrons. The molecule has 0 saturated heterocycles. The number of carbonyl (C=O) groups excluding carboxylic acids is 1. The van der Waals surface area contributed by atoms with Crippen LogP contribution in [0.5, 0.6) is 0 Å². The predicted molar refractivity (Wildman–Crippen MR) is 94.7 cm³/mol. The summed E-state index contributed by atoms with van der Waals surface area (Å²) >= 11 is 11.9. The summed E-state index contributed by atoms with van der Waals surface area (Å²) in [5.74, 6) is 0.464. The molecule has 0 heterocycles. The lowest BCUT2D eigenvalue weighted by Crippen LogP contribution is -2.37. The van der Waals surface area contributed by atoms with Crippen molar-refractivity contribution in [3.8, 4) is 0 Å². The molecule has 1 saturated carbocycles. The van der Waals surface area contributed by atoms with Crippen molar-refractivity contribution in [2.45, 2.75) is 44.7 Å². The molecule has 124 valence electrons. The maximum Gasteiger partial charge on any atom is 0.222 e. The second kappa shape index (κ2) is 8.97. The molecule has 1 amide bonds. The van der Waals surface area contributed by atoms with Gasteiger partial charge in [0.15, 0.2) is 0 Å². The molecule has 0 spiro atoms. The highest BCUT2D eigenvalue weighted by atomic mass is 35.5. The van der Waals surface area contributed by atoms with Crippen molar-refractivity contribution in [1.29, 1.82) is 0 Å². The molecule has 2 atom stereocenters. The predicted octanol–water partition coefficient (Wildman–Crippen LogP) is 4.28. The fourth-order valence-corrected chi connectivity index (χ4v) is 3.19. The van der Waals surface area contributed by atoms with Crippen molar-refractivity contribution < 1.29 is 4.79 Å². The van der Waals surface area contributed by atoms with E-state index in [9.17, 15) is 4.79 Å². The topological polar surface area (TPSA) is 46.3 Å². The molecular weight excluding hydrogens is 343 g/mol. The van der Waals surface area contributed by atoms with E-state index < -0.39 is 0 Å². The Morgan fingerprint density at radius 1 is 1.27 bits per heavy atom. The Hall–Kier alpha value is -0.480. The Labute approximate surface area is 148 Å². The molecule has 1 aromatic rings. The Morgan fingerprint density at radius 2 is 1.95 bits per heavy atom. The van der Waals surface area contributed by atoms with Crippen LogP contribution in [-0.4, -0.2) is 23.9 Å². The highest BCUT2D eigenvalue weighted by Crippen LogP contribution is 2.27. The van der Waals surface area contributed by atoms with Crippen molar-refractivity contribution >= 4 is 41.5 Å². The smallest absolute Gasteiger partial charge is 0.222 e. The Kier molecular flexibility index (Phi) is 7.98. The average molecular weight is 366 g/mol. The summed E-state index contributed by atoms with van der Waals surface area (Å²) < 4.78 is 0. The number of nitrogens with zero attached hydrogens (tertiary/aromatic N) is 1. The Morgan fingerprint density at radius 3 is 2.59 bits per heavy atom. The largest absolute Gasteiger partial charge is 0.341 e. The minimum Gasteiger partial charge on any atom is -0.341 e. The van der Waals surface area contributed by atoms with Gasteiger partial charge in [0.25, 0.3) is 0 Å². The molecule has 2 unspecified atom stereocenters. The first-order valence-corrected chi connectivity index (χ1v) is 8.16. The lowest BCUT2D eigenvalue weighted by atomic mass is 9.83. The van der Waals surface area contributed by atoms with Gasteiger partial charge in [0.1, 0.15) is 0 Å². The summed E-state index contributed by atoms with van der Waals surface area (Å²) in [5.41, 5.74) is 7.09. The first-order valence-electron chi connectivity index (χ1n) is 7.41. The zero-order valence-corrected chi connectivity index (χ0v) is 15.1. The SMILES string of the molecule is CN(Cc1ccc(Cl)c(Cl)c1)C(=O)CC1CCCCC1N.Cl. The van der Waals surface area contributed by atoms with Crippen LogP contribution >= 0.6 is 35.6 Å². The van der Waals surface area contributed by atoms with E-state index >= 15 is 0 Å². The number of carbonyl (C=O) groups is 1. The summed E-state index contributed by atoms with van der Waals surface area (Å²) in [6.45, 7) is 0.539. The zero-order chi connectivity index (χ0) is 15.4. The fraction of sp³-hybridized carbons (Fsp3) is 0.562. The van der Waals surface area contributed by atoms with Gasteiger partial charge >= 0.3 is 0 Å². The summed E-state index contributed by atoms with van der Waals surface area (Å²) in [6.07, 6.45) is 5.01. The standard InChI is InChI=1S/C16H22Cl2N2O.ClH/c1-20(10-11-6-7-13(17)14(18)8-11)16(21)9-12-4-2-3-5-15(12)19;/h6-8,12,15H,2-5,9-10,19H2,1H3;1H. The molecule has 1 aromatic carbocycles. The van der Waals surface area contributed by atoms with Crippen molar-refractivity contribution in [2.24, 2.45) is 11.7 Å². The minimum absolute atomic E-state index is 0. The summed E-state index contributed by atoms with van der Waals surface area (Å²) in [4.78, 5) is 14.1. The molecule has 22 heavy (non-hydrogen) atoms. The van der Waals surface area contributed by atoms with Gasteiger partial charge in [-0.1, -0.05) is 42.1 Å². The van der Waals surface area contributed by atoms with E-state index in [-0.39, 0.29) is 24.4 Å². The van der Waals surface area contributed by atoms with Crippen LogP contribution < -0.4 is 5.73 Å². The van der Waals surface area contributed by atoms with E-state index in [4.69, 9.17) is 28.9 Å². The normalized spacial score (nSPS) is 21.1. The molecule has 0 aromatic heterocycles. The summed E-state index contributed by atoms with van der Waals surface area (Å²) in [7, 11) is 1.82. The fourth-order valence-electron chi connectivity index (χ4n) is 2.87. The number of benzene rings is 1. The van der Waals surface area contributed by atoms with Crippen LogP contribution in [0.25, 0.3) is 0 Å². The molecule has 1 aliphatic rings. The molecule has 2 N–H and O–H groups in total. The highest BCUT2D eigenvalue weighted by Gasteiger charge is 2.25. The lowest BCUT2D eigenvalue weighted by molar-refractivity contribution is -0.131. The molecule has 6 heteroatoms. The van der Waals surface area contributed by atoms with E-state index in [1.165, 1.54) is 12.8 Å². The summed E-state index contributed by atoms with van der Waals surface area (Å²) in [5, 5.41) is 1.05. The summed E-state index contributed by atoms with van der Waals surface area (Å²) in [6, 6.07) is 5.62. The molecule has 1 aliphatic carbocycles. The molecular formula is C16H23Cl3N2O. The van der Waals surface area contributed by atoms with Gasteiger partial charge in [-0.3, -0.25) is 4.79 Å². The van der Waals surface area contributed by atoms with E-state index in [0.717, 1.165) is 18.4 Å². The number of halogens is 3. The number of nitrogens with two attached hydrogens (primary N) is 1. The van der Waals surface area contributed by atoms with Gasteiger partial charge in [-0.15, -0.1) is 12.4 Å². The van der Waals surface area contributed by atoms with Crippen molar-refractivity contribution in [3.05, 3.63) is 33.8 Å². The molecule has 3 nitrogen and oxygen atoms in total. The van der Waals surface area contributed by atoms with Crippen LogP contribution in [0.3, 0.4) is 0 Å². The van der Waals surface area contributed by atoms with Crippen molar-refractivity contribution in [3.63, 3.8) is 0 Å². The van der Waals surface area contributed by atoms with Gasteiger partial charge in [0.2, 0.25) is 5.91 Å². The third-order valence-electron chi connectivity index (χ3n) is 4.23. The minimum atomic E-state index is 0. The van der Waals surface area contributed by atoms with Crippen LogP contribution in [0.1, 0.15) is 37.7 Å². The van der Waals surface area contributed by atoms with Gasteiger partial charge in [-0.05, 0) is 36.5 Å². The van der Waals surface area contributed by atoms with Gasteiger partial charge in [-0.2, -0.15) is 0 Å². The number of hydrogen-bond acceptors (Lipinski definition) is 2. The van der Waals surface area contributed by atoms with Crippen LogP contribution in [0.15, 0.2) is 18.2 Å². The molecule has 1 fully saturated rings. The van der Waals surface area contributed by atoms with Crippen LogP contribution in [0.2, 0.25) is 10.0 Å². The van der Waals surface area contributed by atoms with Gasteiger partial charge in [-0.25, -0.2) is 0 Å². The number of amides is 1. The van der Waals surface area contributed by atoms with Crippen molar-refractivity contribution in [2.75, 3.05) is 7.05 Å². The molecule has 0 aliphatic heterocycles. The van der Waals surface area contributed by atoms with Crippen molar-refractivity contribution in [1.82, 2.24) is 4.90 Å². The monoisotopic (exact) mass is 364 g/mol. The first kappa shape index (κ1) is 19.6. The Balaban J connectivity index is 0.00000242. The number of rotatable bonds is 4. The van der Waals surface area contributed by atoms with Crippen LogP contribution in [0.4, 0.5) is 0 Å². The van der Waals surface area contributed by atoms with Gasteiger partial charge in [0, 0.05) is 26.1 Å². The quantitative estimate of drug-likeness (QED) is 0.865. The second-order valence-electron chi connectivity index (χ2n) is 5.91. The first-order chi connectivity index (χ1) is 9.97. The maximum absolute atomic E-state index is 12.3. The van der Waals surface area contributed by atoms with Gasteiger partial charge in [0.05, 0.1) is 10.0 Å². The number of hydrogen-bond donors (Lipinski definition) is 1. The third kappa shape index (κ3) is 5.31. The maximum atomic E-state index is 12.3. The average Bonchev–Trinajstić information content (AvgIpc) is 2.45. The van der Waals surface area contributed by atoms with E-state index in [2.05, 4.69) is 0 Å². The Bertz CT molecular complexity index is 510. The zero-order valence-electron chi connectivity index (χ0n) is 12.7. The van der Waals surface area contributed by atoms with Gasteiger partial charge < -0.3 is 10.6 Å². The third-order valence-corrected chi connectivity index (χ3v) is 4.97. The van der Waals surface area contributed by atoms with E-state index in [1.54, 1.807) is 17.0 Å².